The molecule has 0 radical (unpaired) electrons. The molecule has 1 fully saturated rings. The molecule has 0 aliphatic carbocycles. The van der Waals surface area contributed by atoms with Crippen LogP contribution in [-0.2, 0) is 6.61 Å². The molecule has 2 aromatic rings. The highest BCUT2D eigenvalue weighted by Gasteiger charge is 2.22. The highest BCUT2D eigenvalue weighted by Crippen LogP contribution is 2.18. The van der Waals surface area contributed by atoms with Gasteiger partial charge < -0.3 is 15.4 Å². The number of rotatable bonds is 4. The molecule has 4 heteroatoms. The van der Waals surface area contributed by atoms with Crippen molar-refractivity contribution in [2.24, 2.45) is 5.73 Å². The van der Waals surface area contributed by atoms with Gasteiger partial charge in [-0.25, -0.2) is 0 Å². The summed E-state index contributed by atoms with van der Waals surface area (Å²) in [6, 6.07) is 17.4. The number of piperidine rings is 1. The lowest BCUT2D eigenvalue weighted by molar-refractivity contribution is 0.0708. The van der Waals surface area contributed by atoms with E-state index >= 15 is 0 Å². The number of nitrogens with two attached hydrogens (primary N) is 1. The van der Waals surface area contributed by atoms with Gasteiger partial charge in [-0.1, -0.05) is 36.4 Å². The Hall–Kier alpha value is -2.33. The number of benzene rings is 2. The maximum atomic E-state index is 12.6. The Morgan fingerprint density at radius 2 is 2.00 bits per heavy atom. The molecule has 1 heterocycles. The first-order valence-corrected chi connectivity index (χ1v) is 8.04. The first kappa shape index (κ1) is 15.6. The minimum atomic E-state index is 0.0327. The van der Waals surface area contributed by atoms with E-state index in [-0.39, 0.29) is 11.9 Å². The summed E-state index contributed by atoms with van der Waals surface area (Å²) in [6.45, 7) is 1.91. The van der Waals surface area contributed by atoms with Gasteiger partial charge in [-0.05, 0) is 36.6 Å². The molecular formula is C19H22N2O2. The van der Waals surface area contributed by atoms with E-state index in [1.807, 2.05) is 59.5 Å². The van der Waals surface area contributed by atoms with Gasteiger partial charge in [0, 0.05) is 24.7 Å². The average molecular weight is 310 g/mol. The normalized spacial score (nSPS) is 17.8. The predicted molar refractivity (Wildman–Crippen MR) is 90.3 cm³/mol. The minimum absolute atomic E-state index is 0.0327. The van der Waals surface area contributed by atoms with Gasteiger partial charge in [0.05, 0.1) is 0 Å². The molecule has 0 bridgehead atoms. The Morgan fingerprint density at radius 1 is 1.17 bits per heavy atom. The first-order valence-electron chi connectivity index (χ1n) is 8.04. The highest BCUT2D eigenvalue weighted by molar-refractivity contribution is 5.94. The SMILES string of the molecule is N[C@@H]1CCCN(C(=O)c2cccc(OCc3ccccc3)c2)C1. The third-order valence-corrected chi connectivity index (χ3v) is 4.07. The van der Waals surface area contributed by atoms with E-state index in [2.05, 4.69) is 0 Å². The van der Waals surface area contributed by atoms with Crippen molar-refractivity contribution in [3.8, 4) is 5.75 Å². The van der Waals surface area contributed by atoms with Gasteiger partial charge in [0.25, 0.3) is 5.91 Å². The van der Waals surface area contributed by atoms with E-state index in [0.717, 1.165) is 24.9 Å². The lowest BCUT2D eigenvalue weighted by Crippen LogP contribution is -2.45. The highest BCUT2D eigenvalue weighted by atomic mass is 16.5. The fourth-order valence-electron chi connectivity index (χ4n) is 2.84. The van der Waals surface area contributed by atoms with Crippen LogP contribution in [0.15, 0.2) is 54.6 Å². The van der Waals surface area contributed by atoms with Crippen LogP contribution in [0.4, 0.5) is 0 Å². The van der Waals surface area contributed by atoms with Gasteiger partial charge >= 0.3 is 0 Å². The Bertz CT molecular complexity index is 657. The number of nitrogens with zero attached hydrogens (tertiary/aromatic N) is 1. The fraction of sp³-hybridized carbons (Fsp3) is 0.316. The van der Waals surface area contributed by atoms with Gasteiger partial charge in [-0.3, -0.25) is 4.79 Å². The zero-order chi connectivity index (χ0) is 16.1. The Kier molecular flexibility index (Phi) is 4.93. The molecule has 1 aliphatic heterocycles. The van der Waals surface area contributed by atoms with Crippen molar-refractivity contribution in [3.05, 3.63) is 65.7 Å². The lowest BCUT2D eigenvalue weighted by Gasteiger charge is -2.30. The fourth-order valence-corrected chi connectivity index (χ4v) is 2.84. The number of hydrogen-bond acceptors (Lipinski definition) is 3. The third kappa shape index (κ3) is 4.11. The topological polar surface area (TPSA) is 55.6 Å². The lowest BCUT2D eigenvalue weighted by atomic mass is 10.1. The van der Waals surface area contributed by atoms with Crippen molar-refractivity contribution < 1.29 is 9.53 Å². The standard InChI is InChI=1S/C19H22N2O2/c20-17-9-5-11-21(13-17)19(22)16-8-4-10-18(12-16)23-14-15-6-2-1-3-7-15/h1-4,6-8,10,12,17H,5,9,11,13-14,20H2/t17-/m1/s1. The van der Waals surface area contributed by atoms with Crippen molar-refractivity contribution in [2.45, 2.75) is 25.5 Å². The number of amides is 1. The van der Waals surface area contributed by atoms with Crippen LogP contribution < -0.4 is 10.5 Å². The second kappa shape index (κ2) is 7.29. The monoisotopic (exact) mass is 310 g/mol. The van der Waals surface area contributed by atoms with Crippen molar-refractivity contribution in [3.63, 3.8) is 0 Å². The molecule has 0 aromatic heterocycles. The van der Waals surface area contributed by atoms with E-state index < -0.39 is 0 Å². The van der Waals surface area contributed by atoms with Crippen LogP contribution in [0.5, 0.6) is 5.75 Å². The first-order chi connectivity index (χ1) is 11.2. The molecule has 2 N–H and O–H groups in total. The molecular weight excluding hydrogens is 288 g/mol. The summed E-state index contributed by atoms with van der Waals surface area (Å²) in [5.74, 6) is 0.742. The van der Waals surface area contributed by atoms with Gasteiger partial charge in [0.1, 0.15) is 12.4 Å². The van der Waals surface area contributed by atoms with Crippen LogP contribution in [0.1, 0.15) is 28.8 Å². The molecule has 1 aliphatic rings. The average Bonchev–Trinajstić information content (AvgIpc) is 2.60. The zero-order valence-corrected chi connectivity index (χ0v) is 13.2. The Morgan fingerprint density at radius 3 is 2.78 bits per heavy atom. The Balaban J connectivity index is 1.66. The van der Waals surface area contributed by atoms with E-state index in [9.17, 15) is 4.79 Å². The van der Waals surface area contributed by atoms with E-state index in [1.165, 1.54) is 0 Å². The summed E-state index contributed by atoms with van der Waals surface area (Å²) in [5, 5.41) is 0. The maximum Gasteiger partial charge on any atom is 0.254 e. The molecule has 3 rings (SSSR count). The molecule has 0 saturated carbocycles. The number of ether oxygens (including phenoxy) is 1. The molecule has 1 atom stereocenters. The second-order valence-corrected chi connectivity index (χ2v) is 5.96. The second-order valence-electron chi connectivity index (χ2n) is 5.96. The van der Waals surface area contributed by atoms with Crippen LogP contribution in [0, 0.1) is 0 Å². The Labute approximate surface area is 136 Å². The van der Waals surface area contributed by atoms with Gasteiger partial charge in [-0.15, -0.1) is 0 Å². The van der Waals surface area contributed by atoms with E-state index in [0.29, 0.717) is 24.5 Å². The summed E-state index contributed by atoms with van der Waals surface area (Å²) in [6.07, 6.45) is 1.96. The minimum Gasteiger partial charge on any atom is -0.489 e. The summed E-state index contributed by atoms with van der Waals surface area (Å²) in [7, 11) is 0. The molecule has 2 aromatic carbocycles. The number of hydrogen-bond donors (Lipinski definition) is 1. The maximum absolute atomic E-state index is 12.6. The molecule has 4 nitrogen and oxygen atoms in total. The van der Waals surface area contributed by atoms with Crippen molar-refractivity contribution in [1.29, 1.82) is 0 Å². The summed E-state index contributed by atoms with van der Waals surface area (Å²) in [5.41, 5.74) is 7.72. The zero-order valence-electron chi connectivity index (χ0n) is 13.2. The van der Waals surface area contributed by atoms with Gasteiger partial charge in [0.2, 0.25) is 0 Å². The van der Waals surface area contributed by atoms with E-state index in [1.54, 1.807) is 0 Å². The molecule has 120 valence electrons. The van der Waals surface area contributed by atoms with Crippen molar-refractivity contribution in [2.75, 3.05) is 13.1 Å². The third-order valence-electron chi connectivity index (χ3n) is 4.07. The molecule has 1 amide bonds. The van der Waals surface area contributed by atoms with Crippen molar-refractivity contribution >= 4 is 5.91 Å². The van der Waals surface area contributed by atoms with Gasteiger partial charge in [-0.2, -0.15) is 0 Å². The molecule has 1 saturated heterocycles. The van der Waals surface area contributed by atoms with Crippen LogP contribution in [0.2, 0.25) is 0 Å². The predicted octanol–water partition coefficient (Wildman–Crippen LogP) is 2.83. The van der Waals surface area contributed by atoms with Crippen LogP contribution in [0.25, 0.3) is 0 Å². The smallest absolute Gasteiger partial charge is 0.254 e. The van der Waals surface area contributed by atoms with Crippen molar-refractivity contribution in [1.82, 2.24) is 4.90 Å². The number of carbonyl (C=O) groups excluding carboxylic acids is 1. The van der Waals surface area contributed by atoms with Gasteiger partial charge in [0.15, 0.2) is 0 Å². The van der Waals surface area contributed by atoms with Crippen LogP contribution >= 0.6 is 0 Å². The van der Waals surface area contributed by atoms with Crippen LogP contribution in [0.3, 0.4) is 0 Å². The number of carbonyl (C=O) groups is 1. The largest absolute Gasteiger partial charge is 0.489 e. The summed E-state index contributed by atoms with van der Waals surface area (Å²) < 4.78 is 5.80. The summed E-state index contributed by atoms with van der Waals surface area (Å²) in [4.78, 5) is 14.4. The summed E-state index contributed by atoms with van der Waals surface area (Å²) >= 11 is 0. The van der Waals surface area contributed by atoms with E-state index in [4.69, 9.17) is 10.5 Å². The van der Waals surface area contributed by atoms with Crippen LogP contribution in [-0.4, -0.2) is 29.9 Å². The molecule has 0 spiro atoms. The quantitative estimate of drug-likeness (QED) is 0.945. The number of likely N-dealkylation sites (tertiary alicyclic amines) is 1. The molecule has 0 unspecified atom stereocenters. The molecule has 23 heavy (non-hydrogen) atoms.